The van der Waals surface area contributed by atoms with Gasteiger partial charge < -0.3 is 15.4 Å². The summed E-state index contributed by atoms with van der Waals surface area (Å²) in [7, 11) is 0. The number of nitrogens with zero attached hydrogens (tertiary/aromatic N) is 3. The fraction of sp³-hybridized carbons (Fsp3) is 0.467. The highest BCUT2D eigenvalue weighted by Gasteiger charge is 2.15. The summed E-state index contributed by atoms with van der Waals surface area (Å²) in [5.74, 6) is 1.02. The number of hydrogen-bond donors (Lipinski definition) is 2. The Bertz CT molecular complexity index is 553. The first-order valence-electron chi connectivity index (χ1n) is 7.11. The van der Waals surface area contributed by atoms with Gasteiger partial charge in [0, 0.05) is 6.54 Å². The largest absolute Gasteiger partial charge is 0.387 e. The lowest BCUT2D eigenvalue weighted by molar-refractivity contribution is 0.110. The fourth-order valence-electron chi connectivity index (χ4n) is 2.08. The second-order valence-corrected chi connectivity index (χ2v) is 5.06. The Kier molecular flexibility index (Phi) is 5.44. The zero-order valence-electron chi connectivity index (χ0n) is 12.5. The summed E-state index contributed by atoms with van der Waals surface area (Å²) in [5, 5.41) is 14.2. The zero-order chi connectivity index (χ0) is 15.2. The topological polar surface area (TPSA) is 88.4 Å². The maximum atomic E-state index is 10.3. The molecule has 0 saturated carbocycles. The molecule has 0 spiro atoms. The summed E-state index contributed by atoms with van der Waals surface area (Å²) in [5.41, 5.74) is 7.54. The SMILES string of the molecule is CCN(Cc1noc(CN)n1)CC(O)c1ccc(C)cc1. The molecule has 1 unspecified atom stereocenters. The van der Waals surface area contributed by atoms with Crippen molar-refractivity contribution in [3.05, 3.63) is 47.1 Å². The average Bonchev–Trinajstić information content (AvgIpc) is 2.94. The molecule has 0 bridgehead atoms. The third kappa shape index (κ3) is 4.35. The van der Waals surface area contributed by atoms with Gasteiger partial charge in [-0.25, -0.2) is 0 Å². The predicted octanol–water partition coefficient (Wildman–Crippen LogP) is 1.39. The Balaban J connectivity index is 1.96. The van der Waals surface area contributed by atoms with E-state index in [1.54, 1.807) is 0 Å². The number of aliphatic hydroxyl groups excluding tert-OH is 1. The summed E-state index contributed by atoms with van der Waals surface area (Å²) < 4.78 is 4.99. The summed E-state index contributed by atoms with van der Waals surface area (Å²) in [6, 6.07) is 7.91. The monoisotopic (exact) mass is 290 g/mol. The van der Waals surface area contributed by atoms with E-state index in [1.807, 2.05) is 38.1 Å². The van der Waals surface area contributed by atoms with Crippen LogP contribution in [0.4, 0.5) is 0 Å². The number of aryl methyl sites for hydroxylation is 1. The van der Waals surface area contributed by atoms with Crippen molar-refractivity contribution in [1.29, 1.82) is 0 Å². The normalized spacial score (nSPS) is 12.8. The number of aromatic nitrogens is 2. The molecule has 1 aromatic carbocycles. The Morgan fingerprint density at radius 3 is 2.62 bits per heavy atom. The molecule has 0 aliphatic heterocycles. The van der Waals surface area contributed by atoms with Crippen molar-refractivity contribution in [2.75, 3.05) is 13.1 Å². The number of aliphatic hydroxyl groups is 1. The number of likely N-dealkylation sites (N-methyl/N-ethyl adjacent to an activating group) is 1. The maximum Gasteiger partial charge on any atom is 0.240 e. The molecule has 2 rings (SSSR count). The van der Waals surface area contributed by atoms with Crippen LogP contribution in [0.25, 0.3) is 0 Å². The second-order valence-electron chi connectivity index (χ2n) is 5.06. The van der Waals surface area contributed by atoms with E-state index in [9.17, 15) is 5.11 Å². The van der Waals surface area contributed by atoms with E-state index < -0.39 is 6.10 Å². The van der Waals surface area contributed by atoms with Crippen LogP contribution in [0.2, 0.25) is 0 Å². The molecule has 0 saturated heterocycles. The molecule has 2 aromatic rings. The van der Waals surface area contributed by atoms with Crippen LogP contribution in [0.3, 0.4) is 0 Å². The van der Waals surface area contributed by atoms with Gasteiger partial charge in [-0.15, -0.1) is 0 Å². The molecular formula is C15H22N4O2. The average molecular weight is 290 g/mol. The first kappa shape index (κ1) is 15.6. The Morgan fingerprint density at radius 1 is 1.33 bits per heavy atom. The molecule has 114 valence electrons. The standard InChI is InChI=1S/C15H22N4O2/c1-3-19(10-14-17-15(8-16)21-18-14)9-13(20)12-6-4-11(2)5-7-12/h4-7,13,20H,3,8-10,16H2,1-2H3. The van der Waals surface area contributed by atoms with E-state index in [0.717, 1.165) is 12.1 Å². The van der Waals surface area contributed by atoms with Crippen LogP contribution in [-0.2, 0) is 13.1 Å². The van der Waals surface area contributed by atoms with Crippen molar-refractivity contribution in [3.63, 3.8) is 0 Å². The molecule has 0 fully saturated rings. The van der Waals surface area contributed by atoms with Gasteiger partial charge in [0.05, 0.1) is 19.2 Å². The van der Waals surface area contributed by atoms with E-state index in [0.29, 0.717) is 24.8 Å². The molecule has 6 nitrogen and oxygen atoms in total. The van der Waals surface area contributed by atoms with Gasteiger partial charge in [-0.3, -0.25) is 4.90 Å². The molecule has 0 radical (unpaired) electrons. The molecule has 1 heterocycles. The first-order valence-corrected chi connectivity index (χ1v) is 7.11. The summed E-state index contributed by atoms with van der Waals surface area (Å²) in [6.45, 7) is 6.14. The van der Waals surface area contributed by atoms with Crippen LogP contribution in [0.5, 0.6) is 0 Å². The van der Waals surface area contributed by atoms with Crippen molar-refractivity contribution < 1.29 is 9.63 Å². The molecular weight excluding hydrogens is 268 g/mol. The lowest BCUT2D eigenvalue weighted by Crippen LogP contribution is -2.28. The van der Waals surface area contributed by atoms with Crippen LogP contribution in [0.1, 0.15) is 35.9 Å². The minimum atomic E-state index is -0.536. The van der Waals surface area contributed by atoms with Crippen LogP contribution in [-0.4, -0.2) is 33.2 Å². The lowest BCUT2D eigenvalue weighted by atomic mass is 10.1. The van der Waals surface area contributed by atoms with Crippen molar-refractivity contribution >= 4 is 0 Å². The van der Waals surface area contributed by atoms with Gasteiger partial charge in [-0.1, -0.05) is 41.9 Å². The Labute approximate surface area is 124 Å². The first-order chi connectivity index (χ1) is 10.1. The highest BCUT2D eigenvalue weighted by molar-refractivity contribution is 5.23. The molecule has 6 heteroatoms. The van der Waals surface area contributed by atoms with E-state index in [2.05, 4.69) is 15.0 Å². The summed E-state index contributed by atoms with van der Waals surface area (Å²) in [6.07, 6.45) is -0.536. The summed E-state index contributed by atoms with van der Waals surface area (Å²) >= 11 is 0. The number of rotatable bonds is 7. The van der Waals surface area contributed by atoms with Gasteiger partial charge in [-0.2, -0.15) is 4.98 Å². The van der Waals surface area contributed by atoms with Gasteiger partial charge in [0.1, 0.15) is 0 Å². The van der Waals surface area contributed by atoms with Crippen LogP contribution in [0, 0.1) is 6.92 Å². The van der Waals surface area contributed by atoms with E-state index in [1.165, 1.54) is 5.56 Å². The molecule has 1 aromatic heterocycles. The lowest BCUT2D eigenvalue weighted by Gasteiger charge is -2.22. The van der Waals surface area contributed by atoms with Gasteiger partial charge in [0.25, 0.3) is 0 Å². The van der Waals surface area contributed by atoms with Gasteiger partial charge in [0.15, 0.2) is 5.82 Å². The Hall–Kier alpha value is -1.76. The molecule has 3 N–H and O–H groups in total. The fourth-order valence-corrected chi connectivity index (χ4v) is 2.08. The van der Waals surface area contributed by atoms with Gasteiger partial charge in [0.2, 0.25) is 5.89 Å². The van der Waals surface area contributed by atoms with Gasteiger partial charge in [-0.05, 0) is 19.0 Å². The Morgan fingerprint density at radius 2 is 2.05 bits per heavy atom. The highest BCUT2D eigenvalue weighted by atomic mass is 16.5. The van der Waals surface area contributed by atoms with Crippen LogP contribution in [0.15, 0.2) is 28.8 Å². The summed E-state index contributed by atoms with van der Waals surface area (Å²) in [4.78, 5) is 6.25. The molecule has 0 amide bonds. The predicted molar refractivity (Wildman–Crippen MR) is 79.3 cm³/mol. The maximum absolute atomic E-state index is 10.3. The quantitative estimate of drug-likeness (QED) is 0.801. The zero-order valence-corrected chi connectivity index (χ0v) is 12.5. The van der Waals surface area contributed by atoms with Crippen molar-refractivity contribution in [3.8, 4) is 0 Å². The van der Waals surface area contributed by atoms with Crippen molar-refractivity contribution in [2.24, 2.45) is 5.73 Å². The molecule has 1 atom stereocenters. The third-order valence-corrected chi connectivity index (χ3v) is 3.39. The number of hydrogen-bond acceptors (Lipinski definition) is 6. The van der Waals surface area contributed by atoms with Gasteiger partial charge >= 0.3 is 0 Å². The van der Waals surface area contributed by atoms with E-state index >= 15 is 0 Å². The second kappa shape index (κ2) is 7.31. The number of benzene rings is 1. The van der Waals surface area contributed by atoms with Crippen LogP contribution < -0.4 is 5.73 Å². The smallest absolute Gasteiger partial charge is 0.240 e. The molecule has 0 aliphatic carbocycles. The van der Waals surface area contributed by atoms with E-state index in [-0.39, 0.29) is 6.54 Å². The highest BCUT2D eigenvalue weighted by Crippen LogP contribution is 2.16. The minimum Gasteiger partial charge on any atom is -0.387 e. The third-order valence-electron chi connectivity index (χ3n) is 3.39. The van der Waals surface area contributed by atoms with Crippen molar-refractivity contribution in [1.82, 2.24) is 15.0 Å². The number of nitrogens with two attached hydrogens (primary N) is 1. The van der Waals surface area contributed by atoms with E-state index in [4.69, 9.17) is 10.3 Å². The molecule has 0 aliphatic rings. The molecule has 21 heavy (non-hydrogen) atoms. The van der Waals surface area contributed by atoms with Crippen LogP contribution >= 0.6 is 0 Å². The van der Waals surface area contributed by atoms with Crippen molar-refractivity contribution in [2.45, 2.75) is 33.0 Å². The minimum absolute atomic E-state index is 0.241.